The lowest BCUT2D eigenvalue weighted by Gasteiger charge is -2.14. The quantitative estimate of drug-likeness (QED) is 0.534. The second-order valence-electron chi connectivity index (χ2n) is 6.98. The minimum atomic E-state index is -0.261. The summed E-state index contributed by atoms with van der Waals surface area (Å²) in [6.45, 7) is 0.217. The average molecular weight is 390 g/mol. The molecule has 29 heavy (non-hydrogen) atoms. The number of aromatic nitrogens is 4. The number of nitrogens with two attached hydrogens (primary N) is 1. The molecule has 9 heteroatoms. The largest absolute Gasteiger partial charge is 0.382 e. The van der Waals surface area contributed by atoms with E-state index in [-0.39, 0.29) is 30.7 Å². The van der Waals surface area contributed by atoms with Crippen LogP contribution < -0.4 is 5.73 Å². The number of imide groups is 1. The van der Waals surface area contributed by atoms with Crippen molar-refractivity contribution >= 4 is 28.8 Å². The first-order valence-corrected chi connectivity index (χ1v) is 9.34. The number of fused-ring (bicyclic) bond motifs is 2. The maximum atomic E-state index is 12.4. The zero-order valence-corrected chi connectivity index (χ0v) is 15.4. The molecular formula is C20H18N6O3. The molecule has 5 rings (SSSR count). The van der Waals surface area contributed by atoms with E-state index in [1.54, 1.807) is 36.7 Å². The van der Waals surface area contributed by atoms with E-state index >= 15 is 0 Å². The van der Waals surface area contributed by atoms with Crippen molar-refractivity contribution in [1.29, 1.82) is 0 Å². The minimum Gasteiger partial charge on any atom is -0.382 e. The van der Waals surface area contributed by atoms with Gasteiger partial charge in [0.25, 0.3) is 11.8 Å². The summed E-state index contributed by atoms with van der Waals surface area (Å²) in [5, 5.41) is 0. The van der Waals surface area contributed by atoms with E-state index in [0.717, 1.165) is 12.8 Å². The molecule has 1 saturated heterocycles. The molecule has 1 aromatic carbocycles. The van der Waals surface area contributed by atoms with Crippen LogP contribution in [0.1, 0.15) is 39.8 Å². The number of ether oxygens (including phenoxy) is 1. The Morgan fingerprint density at radius 1 is 1.10 bits per heavy atom. The highest BCUT2D eigenvalue weighted by atomic mass is 16.5. The number of anilines is 1. The fourth-order valence-electron chi connectivity index (χ4n) is 3.79. The minimum absolute atomic E-state index is 0.119. The van der Waals surface area contributed by atoms with E-state index in [1.165, 1.54) is 11.2 Å². The Hall–Kier alpha value is -3.59. The summed E-state index contributed by atoms with van der Waals surface area (Å²) in [4.78, 5) is 38.5. The van der Waals surface area contributed by atoms with E-state index < -0.39 is 0 Å². The third-order valence-electron chi connectivity index (χ3n) is 5.24. The molecule has 2 aliphatic heterocycles. The summed E-state index contributed by atoms with van der Waals surface area (Å²) >= 11 is 0. The first-order chi connectivity index (χ1) is 14.1. The molecule has 2 unspecified atom stereocenters. The van der Waals surface area contributed by atoms with Crippen LogP contribution in [0.5, 0.6) is 0 Å². The van der Waals surface area contributed by atoms with Gasteiger partial charge in [-0.3, -0.25) is 19.1 Å². The van der Waals surface area contributed by atoms with Crippen molar-refractivity contribution < 1.29 is 14.3 Å². The van der Waals surface area contributed by atoms with Gasteiger partial charge in [-0.25, -0.2) is 15.0 Å². The molecule has 4 heterocycles. The second-order valence-corrected chi connectivity index (χ2v) is 6.98. The zero-order chi connectivity index (χ0) is 20.0. The lowest BCUT2D eigenvalue weighted by atomic mass is 10.1. The first-order valence-electron chi connectivity index (χ1n) is 9.34. The number of nitrogen functional groups attached to an aromatic ring is 1. The summed E-state index contributed by atoms with van der Waals surface area (Å²) in [5.41, 5.74) is 7.94. The molecular weight excluding hydrogens is 372 g/mol. The molecule has 0 spiro atoms. The maximum absolute atomic E-state index is 12.4. The molecule has 2 atom stereocenters. The van der Waals surface area contributed by atoms with Crippen molar-refractivity contribution in [2.75, 3.05) is 12.3 Å². The average Bonchev–Trinajstić information content (AvgIpc) is 3.42. The van der Waals surface area contributed by atoms with Gasteiger partial charge in [0, 0.05) is 6.54 Å². The number of hydrogen-bond donors (Lipinski definition) is 1. The molecule has 9 nitrogen and oxygen atoms in total. The van der Waals surface area contributed by atoms with Gasteiger partial charge in [-0.2, -0.15) is 0 Å². The molecule has 0 saturated carbocycles. The van der Waals surface area contributed by atoms with Crippen LogP contribution in [0.2, 0.25) is 0 Å². The van der Waals surface area contributed by atoms with Crippen LogP contribution in [-0.2, 0) is 4.74 Å². The van der Waals surface area contributed by atoms with E-state index in [9.17, 15) is 9.59 Å². The van der Waals surface area contributed by atoms with Gasteiger partial charge in [0.05, 0.1) is 23.6 Å². The van der Waals surface area contributed by atoms with E-state index in [0.29, 0.717) is 28.1 Å². The number of hydrogen-bond acceptors (Lipinski definition) is 7. The summed E-state index contributed by atoms with van der Waals surface area (Å²) < 4.78 is 7.93. The van der Waals surface area contributed by atoms with E-state index in [1.807, 2.05) is 10.6 Å². The number of imidazole rings is 1. The molecule has 3 aromatic rings. The molecule has 2 aromatic heterocycles. The number of benzene rings is 1. The zero-order valence-electron chi connectivity index (χ0n) is 15.4. The normalized spacial score (nSPS) is 21.6. The fraction of sp³-hybridized carbons (Fsp3) is 0.250. The predicted octanol–water partition coefficient (Wildman–Crippen LogP) is 1.94. The van der Waals surface area contributed by atoms with Gasteiger partial charge in [-0.15, -0.1) is 0 Å². The highest BCUT2D eigenvalue weighted by molar-refractivity contribution is 6.21. The third-order valence-corrected chi connectivity index (χ3v) is 5.24. The molecule has 146 valence electrons. The second kappa shape index (κ2) is 6.78. The number of amides is 2. The predicted molar refractivity (Wildman–Crippen MR) is 104 cm³/mol. The highest BCUT2D eigenvalue weighted by Crippen LogP contribution is 2.31. The van der Waals surface area contributed by atoms with Crippen molar-refractivity contribution in [1.82, 2.24) is 24.4 Å². The molecule has 1 fully saturated rings. The Labute approximate surface area is 165 Å². The SMILES string of the molecule is Nc1ncnc2c1ncn2C1CCC(/C=C/CN2C(=O)c3ccccc3C2=O)O1. The molecule has 0 radical (unpaired) electrons. The van der Waals surface area contributed by atoms with E-state index in [4.69, 9.17) is 10.5 Å². The molecule has 2 aliphatic rings. The van der Waals surface area contributed by atoms with Crippen molar-refractivity contribution in [2.45, 2.75) is 25.2 Å². The van der Waals surface area contributed by atoms with Crippen molar-refractivity contribution in [3.05, 3.63) is 60.2 Å². The van der Waals surface area contributed by atoms with E-state index in [2.05, 4.69) is 15.0 Å². The molecule has 0 aliphatic carbocycles. The molecule has 2 N–H and O–H groups in total. The Bertz CT molecular complexity index is 1120. The topological polar surface area (TPSA) is 116 Å². The van der Waals surface area contributed by atoms with Crippen LogP contribution in [0, 0.1) is 0 Å². The van der Waals surface area contributed by atoms with Gasteiger partial charge in [0.1, 0.15) is 18.1 Å². The van der Waals surface area contributed by atoms with Gasteiger partial charge in [-0.1, -0.05) is 24.3 Å². The fourth-order valence-corrected chi connectivity index (χ4v) is 3.79. The number of carbonyl (C=O) groups is 2. The lowest BCUT2D eigenvalue weighted by Crippen LogP contribution is -2.29. The monoisotopic (exact) mass is 390 g/mol. The van der Waals surface area contributed by atoms with Gasteiger partial charge >= 0.3 is 0 Å². The summed E-state index contributed by atoms with van der Waals surface area (Å²) in [5.74, 6) is -0.186. The van der Waals surface area contributed by atoms with Crippen molar-refractivity contribution in [3.8, 4) is 0 Å². The smallest absolute Gasteiger partial charge is 0.261 e. The Balaban J connectivity index is 1.25. The van der Waals surface area contributed by atoms with Gasteiger partial charge < -0.3 is 10.5 Å². The van der Waals surface area contributed by atoms with Gasteiger partial charge in [0.2, 0.25) is 0 Å². The first kappa shape index (κ1) is 17.5. The summed E-state index contributed by atoms with van der Waals surface area (Å²) in [7, 11) is 0. The number of carbonyl (C=O) groups excluding carboxylic acids is 2. The van der Waals surface area contributed by atoms with Crippen LogP contribution in [0.25, 0.3) is 11.2 Å². The summed E-state index contributed by atoms with van der Waals surface area (Å²) in [6.07, 6.45) is 8.04. The third kappa shape index (κ3) is 2.87. The van der Waals surface area contributed by atoms with Crippen molar-refractivity contribution in [3.63, 3.8) is 0 Å². The Kier molecular flexibility index (Phi) is 4.09. The number of rotatable bonds is 4. The van der Waals surface area contributed by atoms with Crippen molar-refractivity contribution in [2.24, 2.45) is 0 Å². The standard InChI is InChI=1S/C20H18N6O3/c21-17-16-18(23-10-22-17)26(11-24-16)15-8-7-12(29-15)4-3-9-25-19(27)13-5-1-2-6-14(13)20(25)28/h1-6,10-12,15H,7-9H2,(H2,21,22,23)/b4-3+. The molecule has 2 amide bonds. The Morgan fingerprint density at radius 3 is 2.62 bits per heavy atom. The number of nitrogens with zero attached hydrogens (tertiary/aromatic N) is 5. The maximum Gasteiger partial charge on any atom is 0.261 e. The van der Waals surface area contributed by atoms with Gasteiger partial charge in [0.15, 0.2) is 11.5 Å². The van der Waals surface area contributed by atoms with Crippen LogP contribution >= 0.6 is 0 Å². The van der Waals surface area contributed by atoms with Gasteiger partial charge in [-0.05, 0) is 25.0 Å². The highest BCUT2D eigenvalue weighted by Gasteiger charge is 2.34. The lowest BCUT2D eigenvalue weighted by molar-refractivity contribution is 0.0257. The van der Waals surface area contributed by atoms with Crippen LogP contribution in [0.4, 0.5) is 5.82 Å². The van der Waals surface area contributed by atoms with Crippen LogP contribution in [0.15, 0.2) is 49.1 Å². The van der Waals surface area contributed by atoms with Crippen LogP contribution in [-0.4, -0.2) is 48.9 Å². The summed E-state index contributed by atoms with van der Waals surface area (Å²) in [6, 6.07) is 6.87. The molecule has 0 bridgehead atoms. The van der Waals surface area contributed by atoms with Crippen LogP contribution in [0.3, 0.4) is 0 Å². The Morgan fingerprint density at radius 2 is 1.86 bits per heavy atom.